The Bertz CT molecular complexity index is 353. The highest BCUT2D eigenvalue weighted by Gasteiger charge is 2.05. The van der Waals surface area contributed by atoms with E-state index in [0.717, 1.165) is 11.4 Å². The molecule has 0 radical (unpaired) electrons. The third kappa shape index (κ3) is 6.47. The zero-order valence-corrected chi connectivity index (χ0v) is 11.6. The van der Waals surface area contributed by atoms with Crippen LogP contribution in [0.1, 0.15) is 20.3 Å². The molecule has 1 aromatic rings. The normalized spacial score (nSPS) is 9.78. The van der Waals surface area contributed by atoms with Crippen LogP contribution in [-0.2, 0) is 4.79 Å². The maximum Gasteiger partial charge on any atom is 0.224 e. The molecule has 18 heavy (non-hydrogen) atoms. The van der Waals surface area contributed by atoms with E-state index in [1.807, 2.05) is 38.1 Å². The van der Waals surface area contributed by atoms with Gasteiger partial charge in [0.05, 0.1) is 0 Å². The quantitative estimate of drug-likeness (QED) is 0.836. The van der Waals surface area contributed by atoms with Crippen LogP contribution in [0.5, 0.6) is 5.75 Å². The molecule has 0 spiro atoms. The Morgan fingerprint density at radius 2 is 1.94 bits per heavy atom. The first-order valence-corrected chi connectivity index (χ1v) is 5.84. The molecule has 0 aliphatic heterocycles. The van der Waals surface area contributed by atoms with Crippen LogP contribution < -0.4 is 15.8 Å². The molecule has 0 heterocycles. The Labute approximate surface area is 114 Å². The average molecular weight is 273 g/mol. The third-order valence-electron chi connectivity index (χ3n) is 2.12. The predicted molar refractivity (Wildman–Crippen MR) is 76.3 cm³/mol. The Balaban J connectivity index is 0.00000289. The third-order valence-corrected chi connectivity index (χ3v) is 2.12. The van der Waals surface area contributed by atoms with Crippen molar-refractivity contribution in [3.63, 3.8) is 0 Å². The predicted octanol–water partition coefficient (Wildman–Crippen LogP) is 2.43. The van der Waals surface area contributed by atoms with Crippen LogP contribution in [0.2, 0.25) is 0 Å². The van der Waals surface area contributed by atoms with Crippen molar-refractivity contribution in [3.05, 3.63) is 24.3 Å². The summed E-state index contributed by atoms with van der Waals surface area (Å²) in [6, 6.07) is 7.29. The lowest BCUT2D eigenvalue weighted by Gasteiger charge is -2.08. The maximum atomic E-state index is 11.5. The molecule has 5 heteroatoms. The van der Waals surface area contributed by atoms with Crippen molar-refractivity contribution in [3.8, 4) is 5.75 Å². The van der Waals surface area contributed by atoms with Gasteiger partial charge in [-0.25, -0.2) is 0 Å². The summed E-state index contributed by atoms with van der Waals surface area (Å²) < 4.78 is 5.34. The van der Waals surface area contributed by atoms with Gasteiger partial charge in [-0.2, -0.15) is 0 Å². The minimum absolute atomic E-state index is 0. The Morgan fingerprint density at radius 1 is 1.33 bits per heavy atom. The molecule has 3 N–H and O–H groups in total. The van der Waals surface area contributed by atoms with Crippen LogP contribution in [-0.4, -0.2) is 19.1 Å². The van der Waals surface area contributed by atoms with Crippen LogP contribution in [0.25, 0.3) is 0 Å². The minimum Gasteiger partial charge on any atom is -0.492 e. The number of hydrogen-bond donors (Lipinski definition) is 2. The van der Waals surface area contributed by atoms with Gasteiger partial charge in [0, 0.05) is 18.7 Å². The van der Waals surface area contributed by atoms with Gasteiger partial charge in [0.1, 0.15) is 12.4 Å². The van der Waals surface area contributed by atoms with Crippen LogP contribution >= 0.6 is 12.4 Å². The van der Waals surface area contributed by atoms with Gasteiger partial charge >= 0.3 is 0 Å². The van der Waals surface area contributed by atoms with Crippen LogP contribution in [0.15, 0.2) is 24.3 Å². The van der Waals surface area contributed by atoms with Crippen molar-refractivity contribution in [2.75, 3.05) is 18.5 Å². The first kappa shape index (κ1) is 16.7. The van der Waals surface area contributed by atoms with Crippen LogP contribution in [0.3, 0.4) is 0 Å². The summed E-state index contributed by atoms with van der Waals surface area (Å²) in [5, 5.41) is 2.84. The topological polar surface area (TPSA) is 64.3 Å². The van der Waals surface area contributed by atoms with Crippen LogP contribution in [0.4, 0.5) is 5.69 Å². The minimum atomic E-state index is 0. The molecule has 0 saturated carbocycles. The number of nitrogens with two attached hydrogens (primary N) is 1. The van der Waals surface area contributed by atoms with Gasteiger partial charge in [0.2, 0.25) is 5.91 Å². The summed E-state index contributed by atoms with van der Waals surface area (Å²) in [6.45, 7) is 5.03. The summed E-state index contributed by atoms with van der Waals surface area (Å²) in [7, 11) is 0. The monoisotopic (exact) mass is 272 g/mol. The highest BCUT2D eigenvalue weighted by Crippen LogP contribution is 2.16. The zero-order chi connectivity index (χ0) is 12.7. The number of anilines is 1. The SMILES string of the molecule is CC(C)CC(=O)Nc1ccc(OCCN)cc1.Cl. The molecule has 0 aliphatic carbocycles. The van der Waals surface area contributed by atoms with E-state index in [1.165, 1.54) is 0 Å². The van der Waals surface area contributed by atoms with Crippen molar-refractivity contribution in [1.82, 2.24) is 0 Å². The summed E-state index contributed by atoms with van der Waals surface area (Å²) in [4.78, 5) is 11.5. The number of halogens is 1. The molecule has 1 aromatic carbocycles. The molecule has 0 saturated heterocycles. The molecule has 1 amide bonds. The fourth-order valence-electron chi connectivity index (χ4n) is 1.39. The van der Waals surface area contributed by atoms with E-state index < -0.39 is 0 Å². The van der Waals surface area contributed by atoms with E-state index in [0.29, 0.717) is 25.5 Å². The molecule has 1 rings (SSSR count). The number of carbonyl (C=O) groups excluding carboxylic acids is 1. The zero-order valence-electron chi connectivity index (χ0n) is 10.8. The molecule has 0 bridgehead atoms. The summed E-state index contributed by atoms with van der Waals surface area (Å²) in [5.74, 6) is 1.16. The number of benzene rings is 1. The Hall–Kier alpha value is -1.26. The molecule has 0 atom stereocenters. The molecular weight excluding hydrogens is 252 g/mol. The molecule has 0 unspecified atom stereocenters. The Morgan fingerprint density at radius 3 is 2.44 bits per heavy atom. The van der Waals surface area contributed by atoms with Gasteiger partial charge in [-0.15, -0.1) is 12.4 Å². The molecule has 0 fully saturated rings. The standard InChI is InChI=1S/C13H20N2O2.ClH/c1-10(2)9-13(16)15-11-3-5-12(6-4-11)17-8-7-14;/h3-6,10H,7-9,14H2,1-2H3,(H,15,16);1H. The fraction of sp³-hybridized carbons (Fsp3) is 0.462. The van der Waals surface area contributed by atoms with Gasteiger partial charge in [-0.1, -0.05) is 13.8 Å². The first-order valence-electron chi connectivity index (χ1n) is 5.84. The summed E-state index contributed by atoms with van der Waals surface area (Å²) in [5.41, 5.74) is 6.12. The number of ether oxygens (including phenoxy) is 1. The van der Waals surface area contributed by atoms with E-state index in [-0.39, 0.29) is 18.3 Å². The lowest BCUT2D eigenvalue weighted by Crippen LogP contribution is -2.14. The van der Waals surface area contributed by atoms with Gasteiger partial charge < -0.3 is 15.8 Å². The van der Waals surface area contributed by atoms with Gasteiger partial charge in [0.15, 0.2) is 0 Å². The second kappa shape index (κ2) is 8.78. The fourth-order valence-corrected chi connectivity index (χ4v) is 1.39. The van der Waals surface area contributed by atoms with E-state index >= 15 is 0 Å². The number of nitrogens with one attached hydrogen (secondary N) is 1. The van der Waals surface area contributed by atoms with Crippen molar-refractivity contribution >= 4 is 24.0 Å². The second-order valence-electron chi connectivity index (χ2n) is 4.31. The average Bonchev–Trinajstić information content (AvgIpc) is 2.27. The van der Waals surface area contributed by atoms with Crippen LogP contribution in [0, 0.1) is 5.92 Å². The lowest BCUT2D eigenvalue weighted by atomic mass is 10.1. The van der Waals surface area contributed by atoms with Gasteiger partial charge in [-0.3, -0.25) is 4.79 Å². The van der Waals surface area contributed by atoms with E-state index in [9.17, 15) is 4.79 Å². The molecule has 4 nitrogen and oxygen atoms in total. The first-order chi connectivity index (χ1) is 8.11. The molecule has 0 aliphatic rings. The molecule has 102 valence electrons. The number of hydrogen-bond acceptors (Lipinski definition) is 3. The van der Waals surface area contributed by atoms with Crippen molar-refractivity contribution in [2.24, 2.45) is 11.7 Å². The maximum absolute atomic E-state index is 11.5. The van der Waals surface area contributed by atoms with Crippen molar-refractivity contribution in [2.45, 2.75) is 20.3 Å². The largest absolute Gasteiger partial charge is 0.492 e. The van der Waals surface area contributed by atoms with E-state index in [2.05, 4.69) is 5.32 Å². The Kier molecular flexibility index (Phi) is 8.16. The summed E-state index contributed by atoms with van der Waals surface area (Å²) in [6.07, 6.45) is 0.533. The number of rotatable bonds is 6. The van der Waals surface area contributed by atoms with Crippen molar-refractivity contribution < 1.29 is 9.53 Å². The smallest absolute Gasteiger partial charge is 0.224 e. The number of amides is 1. The molecular formula is C13H21ClN2O2. The lowest BCUT2D eigenvalue weighted by molar-refractivity contribution is -0.116. The second-order valence-corrected chi connectivity index (χ2v) is 4.31. The van der Waals surface area contributed by atoms with Crippen molar-refractivity contribution in [1.29, 1.82) is 0 Å². The van der Waals surface area contributed by atoms with Gasteiger partial charge in [0.25, 0.3) is 0 Å². The highest BCUT2D eigenvalue weighted by atomic mass is 35.5. The van der Waals surface area contributed by atoms with Gasteiger partial charge in [-0.05, 0) is 30.2 Å². The number of carbonyl (C=O) groups is 1. The van der Waals surface area contributed by atoms with E-state index in [4.69, 9.17) is 10.5 Å². The summed E-state index contributed by atoms with van der Waals surface area (Å²) >= 11 is 0. The molecule has 0 aromatic heterocycles. The highest BCUT2D eigenvalue weighted by molar-refractivity contribution is 5.90. The van der Waals surface area contributed by atoms with E-state index in [1.54, 1.807) is 0 Å².